The maximum atomic E-state index is 12.1. The molecule has 3 aromatic heterocycles. The van der Waals surface area contributed by atoms with Crippen molar-refractivity contribution in [3.05, 3.63) is 35.0 Å². The van der Waals surface area contributed by atoms with Gasteiger partial charge < -0.3 is 10.3 Å². The molecule has 21 heavy (non-hydrogen) atoms. The van der Waals surface area contributed by atoms with E-state index >= 15 is 0 Å². The fourth-order valence-corrected chi connectivity index (χ4v) is 3.33. The minimum atomic E-state index is -0.244. The number of carbonyl (C=O) groups is 1. The average molecular weight is 319 g/mol. The summed E-state index contributed by atoms with van der Waals surface area (Å²) in [6.07, 6.45) is 3.03. The van der Waals surface area contributed by atoms with Crippen LogP contribution in [0.2, 0.25) is 0 Å². The highest BCUT2D eigenvalue weighted by Gasteiger charge is 2.17. The average Bonchev–Trinajstić information content (AvgIpc) is 3.16. The zero-order valence-corrected chi connectivity index (χ0v) is 12.9. The minimum Gasteiger partial charge on any atom is -0.350 e. The van der Waals surface area contributed by atoms with E-state index in [2.05, 4.69) is 25.3 Å². The lowest BCUT2D eigenvalue weighted by atomic mass is 10.4. The molecule has 0 saturated heterocycles. The van der Waals surface area contributed by atoms with Gasteiger partial charge in [-0.15, -0.1) is 11.3 Å². The maximum absolute atomic E-state index is 12.1. The highest BCUT2D eigenvalue weighted by atomic mass is 32.2. The van der Waals surface area contributed by atoms with Crippen LogP contribution in [-0.4, -0.2) is 31.1 Å². The number of thioether (sulfide) groups is 1. The molecule has 3 heterocycles. The molecule has 2 N–H and O–H groups in total. The molecule has 0 aromatic carbocycles. The first-order valence-corrected chi connectivity index (χ1v) is 8.11. The van der Waals surface area contributed by atoms with E-state index in [1.165, 1.54) is 18.1 Å². The third kappa shape index (κ3) is 3.22. The Morgan fingerprint density at radius 3 is 3.19 bits per heavy atom. The van der Waals surface area contributed by atoms with Crippen molar-refractivity contribution >= 4 is 40.2 Å². The lowest BCUT2D eigenvalue weighted by Crippen LogP contribution is -2.30. The van der Waals surface area contributed by atoms with Crippen molar-refractivity contribution in [1.82, 2.24) is 25.3 Å². The molecule has 1 amide bonds. The molecule has 0 aliphatic rings. The first-order valence-electron chi connectivity index (χ1n) is 6.35. The molecule has 6 nitrogen and oxygen atoms in total. The van der Waals surface area contributed by atoms with E-state index in [4.69, 9.17) is 0 Å². The van der Waals surface area contributed by atoms with Crippen molar-refractivity contribution in [3.8, 4) is 0 Å². The Bertz CT molecular complexity index is 740. The van der Waals surface area contributed by atoms with Gasteiger partial charge in [-0.2, -0.15) is 0 Å². The zero-order chi connectivity index (χ0) is 14.7. The predicted octanol–water partition coefficient (Wildman–Crippen LogP) is 2.21. The first-order chi connectivity index (χ1) is 10.2. The summed E-state index contributed by atoms with van der Waals surface area (Å²) in [6.45, 7) is 2.42. The Kier molecular flexibility index (Phi) is 4.16. The summed E-state index contributed by atoms with van der Waals surface area (Å²) in [6, 6.07) is 3.97. The second kappa shape index (κ2) is 6.23. The van der Waals surface area contributed by atoms with Crippen LogP contribution < -0.4 is 5.32 Å². The number of imidazole rings is 1. The fourth-order valence-electron chi connectivity index (χ4n) is 1.78. The Morgan fingerprint density at radius 1 is 1.48 bits per heavy atom. The number of thiophene rings is 1. The topological polar surface area (TPSA) is 83.6 Å². The molecule has 3 rings (SSSR count). The Morgan fingerprint density at radius 2 is 2.38 bits per heavy atom. The molecule has 0 aliphatic carbocycles. The molecule has 0 saturated carbocycles. The summed E-state index contributed by atoms with van der Waals surface area (Å²) in [5, 5.41) is 5.41. The number of aromatic amines is 1. The third-order valence-electron chi connectivity index (χ3n) is 2.86. The lowest BCUT2D eigenvalue weighted by molar-refractivity contribution is -0.120. The predicted molar refractivity (Wildman–Crippen MR) is 83.2 cm³/mol. The van der Waals surface area contributed by atoms with Crippen LogP contribution >= 0.6 is 23.1 Å². The molecule has 0 radical (unpaired) electrons. The smallest absolute Gasteiger partial charge is 0.233 e. The first kappa shape index (κ1) is 14.0. The molecule has 0 fully saturated rings. The summed E-state index contributed by atoms with van der Waals surface area (Å²) in [5.74, 6) is -0.0142. The van der Waals surface area contributed by atoms with Crippen molar-refractivity contribution in [2.75, 3.05) is 0 Å². The van der Waals surface area contributed by atoms with Crippen molar-refractivity contribution in [2.45, 2.75) is 23.7 Å². The number of hydrogen-bond donors (Lipinski definition) is 2. The van der Waals surface area contributed by atoms with Gasteiger partial charge in [0.05, 0.1) is 18.1 Å². The van der Waals surface area contributed by atoms with Crippen LogP contribution in [0.25, 0.3) is 11.2 Å². The number of nitrogens with zero attached hydrogens (tertiary/aromatic N) is 3. The van der Waals surface area contributed by atoms with Crippen LogP contribution in [-0.2, 0) is 11.3 Å². The van der Waals surface area contributed by atoms with Crippen molar-refractivity contribution in [3.63, 3.8) is 0 Å². The van der Waals surface area contributed by atoms with Gasteiger partial charge in [0.2, 0.25) is 5.91 Å². The summed E-state index contributed by atoms with van der Waals surface area (Å²) < 4.78 is 0. The molecule has 0 aliphatic heterocycles. The molecule has 0 bridgehead atoms. The highest BCUT2D eigenvalue weighted by Crippen LogP contribution is 2.26. The van der Waals surface area contributed by atoms with Gasteiger partial charge in [0.25, 0.3) is 0 Å². The number of aromatic nitrogens is 4. The van der Waals surface area contributed by atoms with Crippen LogP contribution in [0.15, 0.2) is 35.2 Å². The molecular formula is C13H13N5OS2. The molecule has 0 unspecified atom stereocenters. The van der Waals surface area contributed by atoms with Gasteiger partial charge in [-0.05, 0) is 18.4 Å². The number of hydrogen-bond acceptors (Lipinski definition) is 6. The molecule has 0 spiro atoms. The van der Waals surface area contributed by atoms with Crippen molar-refractivity contribution in [2.24, 2.45) is 0 Å². The second-order valence-corrected chi connectivity index (χ2v) is 6.70. The largest absolute Gasteiger partial charge is 0.350 e. The van der Waals surface area contributed by atoms with E-state index in [9.17, 15) is 4.79 Å². The summed E-state index contributed by atoms with van der Waals surface area (Å²) >= 11 is 3.02. The zero-order valence-electron chi connectivity index (χ0n) is 11.2. The van der Waals surface area contributed by atoms with E-state index in [0.717, 1.165) is 15.4 Å². The fraction of sp³-hybridized carbons (Fsp3) is 0.231. The van der Waals surface area contributed by atoms with E-state index in [1.807, 2.05) is 24.4 Å². The maximum Gasteiger partial charge on any atom is 0.233 e. The van der Waals surface area contributed by atoms with E-state index in [0.29, 0.717) is 12.2 Å². The van der Waals surface area contributed by atoms with Crippen LogP contribution in [0.5, 0.6) is 0 Å². The van der Waals surface area contributed by atoms with Gasteiger partial charge in [0, 0.05) is 4.88 Å². The minimum absolute atomic E-state index is 0.0142. The molecule has 1 atom stereocenters. The van der Waals surface area contributed by atoms with Gasteiger partial charge >= 0.3 is 0 Å². The second-order valence-electron chi connectivity index (χ2n) is 4.34. The van der Waals surface area contributed by atoms with Crippen molar-refractivity contribution in [1.29, 1.82) is 0 Å². The Hall–Kier alpha value is -1.93. The van der Waals surface area contributed by atoms with Crippen LogP contribution in [0.4, 0.5) is 0 Å². The highest BCUT2D eigenvalue weighted by molar-refractivity contribution is 8.00. The quantitative estimate of drug-likeness (QED) is 0.556. The summed E-state index contributed by atoms with van der Waals surface area (Å²) in [4.78, 5) is 28.6. The van der Waals surface area contributed by atoms with E-state index < -0.39 is 0 Å². The summed E-state index contributed by atoms with van der Waals surface area (Å²) in [5.41, 5.74) is 1.37. The number of nitrogens with one attached hydrogen (secondary N) is 2. The third-order valence-corrected chi connectivity index (χ3v) is 4.84. The van der Waals surface area contributed by atoms with Crippen molar-refractivity contribution < 1.29 is 4.79 Å². The Labute approximate surface area is 129 Å². The lowest BCUT2D eigenvalue weighted by Gasteiger charge is -2.11. The monoisotopic (exact) mass is 319 g/mol. The van der Waals surface area contributed by atoms with Crippen LogP contribution in [0.1, 0.15) is 11.8 Å². The van der Waals surface area contributed by atoms with Gasteiger partial charge in [0.1, 0.15) is 16.9 Å². The van der Waals surface area contributed by atoms with Gasteiger partial charge in [-0.1, -0.05) is 17.8 Å². The molecule has 8 heteroatoms. The van der Waals surface area contributed by atoms with Gasteiger partial charge in [-0.3, -0.25) is 4.79 Å². The molecular weight excluding hydrogens is 306 g/mol. The molecule has 3 aromatic rings. The Balaban J connectivity index is 1.64. The van der Waals surface area contributed by atoms with Crippen LogP contribution in [0.3, 0.4) is 0 Å². The van der Waals surface area contributed by atoms with E-state index in [1.54, 1.807) is 17.7 Å². The van der Waals surface area contributed by atoms with E-state index in [-0.39, 0.29) is 11.2 Å². The standard InChI is InChI=1S/C13H13N5OS2/c1-8(12(19)14-5-9-3-2-4-20-9)21-13-10-11(16-6-15-10)17-7-18-13/h2-4,6-8H,5H2,1H3,(H,14,19)(H,15,16,17,18)/t8-/m0/s1. The molecule has 108 valence electrons. The number of rotatable bonds is 5. The van der Waals surface area contributed by atoms with Gasteiger partial charge in [0.15, 0.2) is 5.65 Å². The normalized spacial score (nSPS) is 12.4. The van der Waals surface area contributed by atoms with Gasteiger partial charge in [-0.25, -0.2) is 15.0 Å². The summed E-state index contributed by atoms with van der Waals surface area (Å²) in [7, 11) is 0. The van der Waals surface area contributed by atoms with Crippen LogP contribution in [0, 0.1) is 0 Å². The number of H-pyrrole nitrogens is 1. The number of amides is 1. The number of carbonyl (C=O) groups excluding carboxylic acids is 1. The number of fused-ring (bicyclic) bond motifs is 1. The SMILES string of the molecule is C[C@H](Sc1ncnc2nc[nH]c12)C(=O)NCc1cccs1.